The molecule has 0 aromatic carbocycles. The molecule has 1 rings (SSSR count). The largest absolute Gasteiger partial charge is 0.389 e. The van der Waals surface area contributed by atoms with Gasteiger partial charge in [0, 0.05) is 18.8 Å². The summed E-state index contributed by atoms with van der Waals surface area (Å²) in [6, 6.07) is 0. The molecule has 1 heterocycles. The second kappa shape index (κ2) is 5.46. The maximum Gasteiger partial charge on any atom is 0.0951 e. The molecule has 4 heteroatoms. The first-order chi connectivity index (χ1) is 7.46. The van der Waals surface area contributed by atoms with E-state index in [1.165, 1.54) is 5.69 Å². The molecule has 1 aromatic heterocycles. The zero-order valence-electron chi connectivity index (χ0n) is 10.5. The average Bonchev–Trinajstić information content (AvgIpc) is 2.56. The molecule has 3 N–H and O–H groups in total. The topological polar surface area (TPSA) is 64.1 Å². The van der Waals surface area contributed by atoms with Gasteiger partial charge in [-0.05, 0) is 40.0 Å². The van der Waals surface area contributed by atoms with Crippen LogP contribution in [0.1, 0.15) is 37.6 Å². The van der Waals surface area contributed by atoms with Crippen LogP contribution < -0.4 is 5.73 Å². The van der Waals surface area contributed by atoms with Crippen molar-refractivity contribution >= 4 is 0 Å². The highest BCUT2D eigenvalue weighted by Gasteiger charge is 2.16. The van der Waals surface area contributed by atoms with Crippen LogP contribution in [0.25, 0.3) is 0 Å². The van der Waals surface area contributed by atoms with E-state index in [1.807, 2.05) is 13.3 Å². The molecule has 0 aliphatic rings. The Morgan fingerprint density at radius 2 is 2.12 bits per heavy atom. The number of unbranched alkanes of at least 4 members (excludes halogenated alkanes) is 1. The van der Waals surface area contributed by atoms with Gasteiger partial charge in [-0.1, -0.05) is 0 Å². The lowest BCUT2D eigenvalue weighted by Crippen LogP contribution is -2.33. The standard InChI is InChI=1S/C12H23N3O/c1-10-11(2)15(9-14-10)7-5-4-6-12(3,16)8-13/h9,16H,4-8,13H2,1-3H3. The predicted molar refractivity (Wildman–Crippen MR) is 65.2 cm³/mol. The van der Waals surface area contributed by atoms with E-state index in [9.17, 15) is 5.11 Å². The van der Waals surface area contributed by atoms with Crippen LogP contribution in [0.15, 0.2) is 6.33 Å². The van der Waals surface area contributed by atoms with Crippen molar-refractivity contribution in [3.05, 3.63) is 17.7 Å². The van der Waals surface area contributed by atoms with E-state index < -0.39 is 5.60 Å². The highest BCUT2D eigenvalue weighted by Crippen LogP contribution is 2.13. The fraction of sp³-hybridized carbons (Fsp3) is 0.750. The number of hydrogen-bond acceptors (Lipinski definition) is 3. The minimum absolute atomic E-state index is 0.330. The van der Waals surface area contributed by atoms with Crippen LogP contribution >= 0.6 is 0 Å². The van der Waals surface area contributed by atoms with Crippen LogP contribution in [-0.4, -0.2) is 26.8 Å². The van der Waals surface area contributed by atoms with Crippen molar-refractivity contribution in [2.45, 2.75) is 52.2 Å². The molecule has 0 aliphatic heterocycles. The Labute approximate surface area is 97.5 Å². The number of nitrogens with two attached hydrogens (primary N) is 1. The Balaban J connectivity index is 2.29. The van der Waals surface area contributed by atoms with E-state index in [2.05, 4.69) is 16.5 Å². The second-order valence-corrected chi connectivity index (χ2v) is 4.77. The summed E-state index contributed by atoms with van der Waals surface area (Å²) >= 11 is 0. The molecule has 1 unspecified atom stereocenters. The van der Waals surface area contributed by atoms with Crippen molar-refractivity contribution in [3.63, 3.8) is 0 Å². The van der Waals surface area contributed by atoms with E-state index in [-0.39, 0.29) is 0 Å². The first-order valence-corrected chi connectivity index (χ1v) is 5.87. The van der Waals surface area contributed by atoms with Crippen molar-refractivity contribution < 1.29 is 5.11 Å². The van der Waals surface area contributed by atoms with Gasteiger partial charge in [-0.25, -0.2) is 4.98 Å². The second-order valence-electron chi connectivity index (χ2n) is 4.77. The van der Waals surface area contributed by atoms with Crippen LogP contribution in [0.4, 0.5) is 0 Å². The number of aliphatic hydroxyl groups is 1. The summed E-state index contributed by atoms with van der Waals surface area (Å²) in [5.41, 5.74) is 7.07. The summed E-state index contributed by atoms with van der Waals surface area (Å²) in [4.78, 5) is 4.25. The van der Waals surface area contributed by atoms with Crippen molar-refractivity contribution in [2.24, 2.45) is 5.73 Å². The highest BCUT2D eigenvalue weighted by molar-refractivity contribution is 5.08. The normalized spacial score (nSPS) is 15.1. The molecule has 0 saturated carbocycles. The minimum atomic E-state index is -0.708. The zero-order valence-corrected chi connectivity index (χ0v) is 10.5. The van der Waals surface area contributed by atoms with Gasteiger partial charge in [0.1, 0.15) is 0 Å². The number of aromatic nitrogens is 2. The first kappa shape index (κ1) is 13.2. The third-order valence-electron chi connectivity index (χ3n) is 3.15. The summed E-state index contributed by atoms with van der Waals surface area (Å²) in [6.07, 6.45) is 4.68. The summed E-state index contributed by atoms with van der Waals surface area (Å²) in [6.45, 7) is 7.19. The van der Waals surface area contributed by atoms with Crippen LogP contribution in [0, 0.1) is 13.8 Å². The Morgan fingerprint density at radius 1 is 1.44 bits per heavy atom. The van der Waals surface area contributed by atoms with Crippen molar-refractivity contribution in [2.75, 3.05) is 6.54 Å². The van der Waals surface area contributed by atoms with Gasteiger partial charge in [-0.2, -0.15) is 0 Å². The molecule has 1 aromatic rings. The van der Waals surface area contributed by atoms with E-state index >= 15 is 0 Å². The SMILES string of the molecule is Cc1ncn(CCCCC(C)(O)CN)c1C. The Kier molecular flexibility index (Phi) is 4.50. The lowest BCUT2D eigenvalue weighted by atomic mass is 9.99. The summed E-state index contributed by atoms with van der Waals surface area (Å²) in [5.74, 6) is 0. The highest BCUT2D eigenvalue weighted by atomic mass is 16.3. The Morgan fingerprint density at radius 3 is 2.62 bits per heavy atom. The van der Waals surface area contributed by atoms with Crippen LogP contribution in [-0.2, 0) is 6.54 Å². The maximum atomic E-state index is 9.73. The molecule has 0 radical (unpaired) electrons. The summed E-state index contributed by atoms with van der Waals surface area (Å²) < 4.78 is 2.16. The molecule has 0 bridgehead atoms. The first-order valence-electron chi connectivity index (χ1n) is 5.87. The van der Waals surface area contributed by atoms with Gasteiger partial charge in [-0.3, -0.25) is 0 Å². The molecule has 0 spiro atoms. The number of imidazole rings is 1. The fourth-order valence-electron chi connectivity index (χ4n) is 1.66. The van der Waals surface area contributed by atoms with Crippen LogP contribution in [0.2, 0.25) is 0 Å². The molecular weight excluding hydrogens is 202 g/mol. The number of hydrogen-bond donors (Lipinski definition) is 2. The van der Waals surface area contributed by atoms with E-state index in [4.69, 9.17) is 5.73 Å². The predicted octanol–water partition coefficient (Wildman–Crippen LogP) is 1.38. The van der Waals surface area contributed by atoms with E-state index in [1.54, 1.807) is 6.92 Å². The fourth-order valence-corrected chi connectivity index (χ4v) is 1.66. The summed E-state index contributed by atoms with van der Waals surface area (Å²) in [7, 11) is 0. The van der Waals surface area contributed by atoms with Gasteiger partial charge in [0.2, 0.25) is 0 Å². The van der Waals surface area contributed by atoms with Gasteiger partial charge in [-0.15, -0.1) is 0 Å². The van der Waals surface area contributed by atoms with Crippen molar-refractivity contribution in [1.82, 2.24) is 9.55 Å². The smallest absolute Gasteiger partial charge is 0.0951 e. The molecule has 0 saturated heterocycles. The van der Waals surface area contributed by atoms with Gasteiger partial charge in [0.25, 0.3) is 0 Å². The molecule has 1 atom stereocenters. The van der Waals surface area contributed by atoms with Gasteiger partial charge in [0.15, 0.2) is 0 Å². The molecule has 0 amide bonds. The van der Waals surface area contributed by atoms with Gasteiger partial charge < -0.3 is 15.4 Å². The number of aryl methyl sites for hydroxylation is 2. The lowest BCUT2D eigenvalue weighted by Gasteiger charge is -2.20. The monoisotopic (exact) mass is 225 g/mol. The molecule has 0 aliphatic carbocycles. The third-order valence-corrected chi connectivity index (χ3v) is 3.15. The average molecular weight is 225 g/mol. The quantitative estimate of drug-likeness (QED) is 0.719. The van der Waals surface area contributed by atoms with E-state index in [0.29, 0.717) is 6.54 Å². The molecule has 0 fully saturated rings. The van der Waals surface area contributed by atoms with E-state index in [0.717, 1.165) is 31.5 Å². The van der Waals surface area contributed by atoms with Crippen molar-refractivity contribution in [1.29, 1.82) is 0 Å². The molecule has 92 valence electrons. The Bertz CT molecular complexity index is 331. The number of rotatable bonds is 6. The number of nitrogens with zero attached hydrogens (tertiary/aromatic N) is 2. The maximum absolute atomic E-state index is 9.73. The van der Waals surface area contributed by atoms with Gasteiger partial charge >= 0.3 is 0 Å². The Hall–Kier alpha value is -0.870. The summed E-state index contributed by atoms with van der Waals surface area (Å²) in [5, 5.41) is 9.73. The van der Waals surface area contributed by atoms with Crippen LogP contribution in [0.5, 0.6) is 0 Å². The third kappa shape index (κ3) is 3.61. The van der Waals surface area contributed by atoms with Gasteiger partial charge in [0.05, 0.1) is 17.6 Å². The molecule has 4 nitrogen and oxygen atoms in total. The molecule has 16 heavy (non-hydrogen) atoms. The molecular formula is C12H23N3O. The van der Waals surface area contributed by atoms with Crippen molar-refractivity contribution in [3.8, 4) is 0 Å². The van der Waals surface area contributed by atoms with Crippen LogP contribution in [0.3, 0.4) is 0 Å². The lowest BCUT2D eigenvalue weighted by molar-refractivity contribution is 0.0570. The minimum Gasteiger partial charge on any atom is -0.389 e. The zero-order chi connectivity index (χ0) is 12.2.